The molecule has 7 nitrogen and oxygen atoms in total. The molecule has 1 fully saturated rings. The van der Waals surface area contributed by atoms with E-state index in [4.69, 9.17) is 16.3 Å². The summed E-state index contributed by atoms with van der Waals surface area (Å²) in [5.41, 5.74) is 0.797. The minimum atomic E-state index is -0.141. The van der Waals surface area contributed by atoms with E-state index >= 15 is 0 Å². The number of hydrogen-bond acceptors (Lipinski definition) is 6. The zero-order valence-electron chi connectivity index (χ0n) is 10.6. The van der Waals surface area contributed by atoms with E-state index in [9.17, 15) is 4.79 Å². The fraction of sp³-hybridized carbons (Fsp3) is 0.500. The van der Waals surface area contributed by atoms with Crippen molar-refractivity contribution in [3.05, 3.63) is 11.5 Å². The maximum atomic E-state index is 11.6. The highest BCUT2D eigenvalue weighted by atomic mass is 35.5. The summed E-state index contributed by atoms with van der Waals surface area (Å²) in [7, 11) is 0. The lowest BCUT2D eigenvalue weighted by Gasteiger charge is -2.31. The van der Waals surface area contributed by atoms with Gasteiger partial charge < -0.3 is 4.74 Å². The second-order valence-corrected chi connectivity index (χ2v) is 5.29. The van der Waals surface area contributed by atoms with E-state index in [0.717, 1.165) is 24.3 Å². The summed E-state index contributed by atoms with van der Waals surface area (Å²) in [5.74, 6) is 1.24. The number of anilines is 2. The van der Waals surface area contributed by atoms with Gasteiger partial charge in [0.15, 0.2) is 5.82 Å². The Kier molecular flexibility index (Phi) is 2.64. The van der Waals surface area contributed by atoms with Crippen LogP contribution in [0.3, 0.4) is 0 Å². The highest BCUT2D eigenvalue weighted by Crippen LogP contribution is 2.40. The number of fused-ring (bicyclic) bond motifs is 3. The standard InChI is InChI=1S/C12H12ClN5O2/c13-11-14-5-8-10(16-11)18(7-1-3-20-4-2-7)12-15-9(19)6-17(8)12/h5,7H,1-4,6H2. The number of aliphatic imine (C=N–C) groups is 1. The summed E-state index contributed by atoms with van der Waals surface area (Å²) in [5, 5.41) is 0.203. The van der Waals surface area contributed by atoms with Crippen LogP contribution in [0.25, 0.3) is 0 Å². The molecule has 4 heterocycles. The average molecular weight is 294 g/mol. The largest absolute Gasteiger partial charge is 0.381 e. The first-order chi connectivity index (χ1) is 9.74. The summed E-state index contributed by atoms with van der Waals surface area (Å²) in [6.07, 6.45) is 3.41. The van der Waals surface area contributed by atoms with Gasteiger partial charge in [-0.15, -0.1) is 0 Å². The van der Waals surface area contributed by atoms with Gasteiger partial charge in [0.05, 0.1) is 6.20 Å². The van der Waals surface area contributed by atoms with Crippen LogP contribution in [0.15, 0.2) is 11.2 Å². The monoisotopic (exact) mass is 293 g/mol. The number of halogens is 1. The van der Waals surface area contributed by atoms with Crippen molar-refractivity contribution >= 4 is 35.0 Å². The Morgan fingerprint density at radius 2 is 2.15 bits per heavy atom. The molecule has 3 aliphatic rings. The molecule has 0 aliphatic carbocycles. The van der Waals surface area contributed by atoms with Crippen molar-refractivity contribution in [1.82, 2.24) is 9.97 Å². The molecule has 8 heteroatoms. The average Bonchev–Trinajstić information content (AvgIpc) is 2.94. The van der Waals surface area contributed by atoms with E-state index in [1.165, 1.54) is 0 Å². The molecule has 0 atom stereocenters. The smallest absolute Gasteiger partial charge is 0.268 e. The molecule has 0 spiro atoms. The third-order valence-corrected chi connectivity index (χ3v) is 3.95. The minimum Gasteiger partial charge on any atom is -0.381 e. The zero-order valence-corrected chi connectivity index (χ0v) is 11.4. The molecule has 1 aromatic heterocycles. The first kappa shape index (κ1) is 12.0. The van der Waals surface area contributed by atoms with E-state index in [-0.39, 0.29) is 23.8 Å². The molecule has 0 saturated carbocycles. The Labute approximate surface area is 120 Å². The molecular weight excluding hydrogens is 282 g/mol. The van der Waals surface area contributed by atoms with Crippen molar-refractivity contribution in [3.63, 3.8) is 0 Å². The van der Waals surface area contributed by atoms with Crippen LogP contribution in [0.5, 0.6) is 0 Å². The fourth-order valence-corrected chi connectivity index (χ4v) is 3.01. The molecule has 0 unspecified atom stereocenters. The van der Waals surface area contributed by atoms with Crippen molar-refractivity contribution in [1.29, 1.82) is 0 Å². The lowest BCUT2D eigenvalue weighted by molar-refractivity contribution is -0.115. The second-order valence-electron chi connectivity index (χ2n) is 4.95. The van der Waals surface area contributed by atoms with Crippen molar-refractivity contribution in [2.45, 2.75) is 18.9 Å². The van der Waals surface area contributed by atoms with Crippen molar-refractivity contribution < 1.29 is 9.53 Å². The van der Waals surface area contributed by atoms with E-state index in [0.29, 0.717) is 19.2 Å². The molecule has 0 aromatic carbocycles. The summed E-state index contributed by atoms with van der Waals surface area (Å²) in [6, 6.07) is 0.225. The molecule has 20 heavy (non-hydrogen) atoms. The molecule has 0 radical (unpaired) electrons. The lowest BCUT2D eigenvalue weighted by Crippen LogP contribution is -2.45. The van der Waals surface area contributed by atoms with Crippen molar-refractivity contribution in [2.75, 3.05) is 29.6 Å². The Bertz CT molecular complexity index is 614. The third-order valence-electron chi connectivity index (χ3n) is 3.77. The molecular formula is C12H12ClN5O2. The number of carbonyl (C=O) groups is 1. The minimum absolute atomic E-state index is 0.141. The normalized spacial score (nSPS) is 22.1. The zero-order chi connectivity index (χ0) is 13.7. The van der Waals surface area contributed by atoms with Gasteiger partial charge in [0.25, 0.3) is 5.91 Å². The molecule has 0 bridgehead atoms. The SMILES string of the molecule is O=C1CN2C(=N1)N(C1CCOCC1)c1nc(Cl)ncc12. The molecule has 4 rings (SSSR count). The van der Waals surface area contributed by atoms with Crippen molar-refractivity contribution in [2.24, 2.45) is 4.99 Å². The van der Waals surface area contributed by atoms with Gasteiger partial charge in [0, 0.05) is 19.3 Å². The molecule has 1 aromatic rings. The van der Waals surface area contributed by atoms with Crippen LogP contribution in [-0.2, 0) is 9.53 Å². The number of carbonyl (C=O) groups excluding carboxylic acids is 1. The van der Waals surface area contributed by atoms with Crippen LogP contribution in [-0.4, -0.2) is 47.6 Å². The molecule has 0 N–H and O–H groups in total. The number of rotatable bonds is 1. The van der Waals surface area contributed by atoms with Crippen LogP contribution in [0.4, 0.5) is 11.5 Å². The van der Waals surface area contributed by atoms with Crippen LogP contribution >= 0.6 is 11.6 Å². The van der Waals surface area contributed by atoms with E-state index in [2.05, 4.69) is 15.0 Å². The number of amides is 1. The number of aromatic nitrogens is 2. The Morgan fingerprint density at radius 3 is 2.95 bits per heavy atom. The highest BCUT2D eigenvalue weighted by molar-refractivity contribution is 6.29. The summed E-state index contributed by atoms with van der Waals surface area (Å²) in [6.45, 7) is 1.65. The van der Waals surface area contributed by atoms with Gasteiger partial charge in [-0.05, 0) is 24.4 Å². The van der Waals surface area contributed by atoms with Crippen LogP contribution in [0.2, 0.25) is 5.28 Å². The van der Waals surface area contributed by atoms with Crippen LogP contribution in [0.1, 0.15) is 12.8 Å². The van der Waals surface area contributed by atoms with E-state index < -0.39 is 0 Å². The molecule has 1 saturated heterocycles. The number of guanidine groups is 1. The van der Waals surface area contributed by atoms with Gasteiger partial charge in [-0.25, -0.2) is 4.98 Å². The van der Waals surface area contributed by atoms with Gasteiger partial charge in [0.1, 0.15) is 12.2 Å². The van der Waals surface area contributed by atoms with Gasteiger partial charge in [-0.2, -0.15) is 9.98 Å². The third kappa shape index (κ3) is 1.70. The maximum absolute atomic E-state index is 11.6. The first-order valence-corrected chi connectivity index (χ1v) is 6.90. The lowest BCUT2D eigenvalue weighted by atomic mass is 10.1. The molecule has 3 aliphatic heterocycles. The quantitative estimate of drug-likeness (QED) is 0.714. The van der Waals surface area contributed by atoms with Crippen LogP contribution in [0, 0.1) is 0 Å². The highest BCUT2D eigenvalue weighted by Gasteiger charge is 2.43. The first-order valence-electron chi connectivity index (χ1n) is 6.52. The van der Waals surface area contributed by atoms with Crippen molar-refractivity contribution in [3.8, 4) is 0 Å². The van der Waals surface area contributed by atoms with Gasteiger partial charge >= 0.3 is 0 Å². The number of hydrogen-bond donors (Lipinski definition) is 0. The summed E-state index contributed by atoms with van der Waals surface area (Å²) in [4.78, 5) is 27.9. The second kappa shape index (κ2) is 4.39. The Hall–Kier alpha value is -1.73. The predicted molar refractivity (Wildman–Crippen MR) is 73.2 cm³/mol. The maximum Gasteiger partial charge on any atom is 0.268 e. The predicted octanol–water partition coefficient (Wildman–Crippen LogP) is 0.832. The summed E-state index contributed by atoms with van der Waals surface area (Å²) < 4.78 is 5.40. The molecule has 104 valence electrons. The van der Waals surface area contributed by atoms with Gasteiger partial charge in [-0.1, -0.05) is 0 Å². The molecule has 1 amide bonds. The topological polar surface area (TPSA) is 70.9 Å². The van der Waals surface area contributed by atoms with E-state index in [1.54, 1.807) is 6.20 Å². The summed E-state index contributed by atoms with van der Waals surface area (Å²) >= 11 is 5.91. The number of ether oxygens (including phenoxy) is 1. The van der Waals surface area contributed by atoms with Gasteiger partial charge in [-0.3, -0.25) is 14.6 Å². The van der Waals surface area contributed by atoms with Crippen LogP contribution < -0.4 is 9.80 Å². The number of nitrogens with zero attached hydrogens (tertiary/aromatic N) is 5. The van der Waals surface area contributed by atoms with Gasteiger partial charge in [0.2, 0.25) is 11.2 Å². The fourth-order valence-electron chi connectivity index (χ4n) is 2.88. The van der Waals surface area contributed by atoms with E-state index in [1.807, 2.05) is 9.80 Å². The Balaban J connectivity index is 1.81. The Morgan fingerprint density at radius 1 is 1.35 bits per heavy atom.